The van der Waals surface area contributed by atoms with Crippen molar-refractivity contribution in [2.45, 2.75) is 26.8 Å². The number of carbonyl (C=O) groups is 1. The van der Waals surface area contributed by atoms with Gasteiger partial charge in [-0.2, -0.15) is 0 Å². The van der Waals surface area contributed by atoms with E-state index in [0.29, 0.717) is 6.54 Å². The van der Waals surface area contributed by atoms with Gasteiger partial charge in [0.15, 0.2) is 0 Å². The van der Waals surface area contributed by atoms with Gasteiger partial charge in [-0.25, -0.2) is 0 Å². The summed E-state index contributed by atoms with van der Waals surface area (Å²) in [6.07, 6.45) is 2.12. The molecule has 0 aromatic heterocycles. The summed E-state index contributed by atoms with van der Waals surface area (Å²) >= 11 is 0. The van der Waals surface area contributed by atoms with Crippen molar-refractivity contribution in [3.8, 4) is 0 Å². The second kappa shape index (κ2) is 7.67. The molecule has 1 aromatic rings. The molecule has 0 fully saturated rings. The van der Waals surface area contributed by atoms with Gasteiger partial charge in [0.2, 0.25) is 5.91 Å². The molecule has 0 aliphatic carbocycles. The maximum absolute atomic E-state index is 11.4. The lowest BCUT2D eigenvalue weighted by Crippen LogP contribution is -2.38. The van der Waals surface area contributed by atoms with E-state index in [1.54, 1.807) is 0 Å². The Morgan fingerprint density at radius 1 is 1.22 bits per heavy atom. The van der Waals surface area contributed by atoms with E-state index in [9.17, 15) is 4.79 Å². The fourth-order valence-electron chi connectivity index (χ4n) is 1.63. The number of hydrogen-bond acceptors (Lipinski definition) is 2. The first kappa shape index (κ1) is 14.5. The molecule has 0 aliphatic rings. The Balaban J connectivity index is 2.31. The minimum absolute atomic E-state index is 0.0394. The highest BCUT2D eigenvalue weighted by Crippen LogP contribution is 2.04. The van der Waals surface area contributed by atoms with Gasteiger partial charge in [0.1, 0.15) is 0 Å². The van der Waals surface area contributed by atoms with Crippen molar-refractivity contribution in [1.82, 2.24) is 10.6 Å². The van der Waals surface area contributed by atoms with Gasteiger partial charge in [-0.3, -0.25) is 4.79 Å². The summed E-state index contributed by atoms with van der Waals surface area (Å²) in [6.45, 7) is 7.05. The van der Waals surface area contributed by atoms with Gasteiger partial charge in [0.05, 0.1) is 6.54 Å². The fraction of sp³-hybridized carbons (Fsp3) is 0.400. The number of hydrogen-bond donors (Lipinski definition) is 2. The largest absolute Gasteiger partial charge is 0.353 e. The second-order valence-electron chi connectivity index (χ2n) is 4.73. The summed E-state index contributed by atoms with van der Waals surface area (Å²) in [7, 11) is 0. The van der Waals surface area contributed by atoms with Crippen molar-refractivity contribution in [1.29, 1.82) is 0 Å². The van der Waals surface area contributed by atoms with Crippen LogP contribution < -0.4 is 10.6 Å². The molecule has 0 heterocycles. The summed E-state index contributed by atoms with van der Waals surface area (Å²) in [5.74, 6) is 0.0394. The van der Waals surface area contributed by atoms with Crippen LogP contribution in [-0.2, 0) is 4.79 Å². The Kier molecular flexibility index (Phi) is 6.15. The lowest BCUT2D eigenvalue weighted by Gasteiger charge is -2.09. The Morgan fingerprint density at radius 2 is 1.89 bits per heavy atom. The first-order valence-corrected chi connectivity index (χ1v) is 6.30. The second-order valence-corrected chi connectivity index (χ2v) is 4.73. The maximum Gasteiger partial charge on any atom is 0.234 e. The van der Waals surface area contributed by atoms with Gasteiger partial charge in [0, 0.05) is 12.6 Å². The van der Waals surface area contributed by atoms with Crippen LogP contribution in [-0.4, -0.2) is 25.0 Å². The number of rotatable bonds is 6. The predicted octanol–water partition coefficient (Wildman–Crippen LogP) is 2.20. The van der Waals surface area contributed by atoms with Gasteiger partial charge in [-0.05, 0) is 26.3 Å². The van der Waals surface area contributed by atoms with Crippen LogP contribution in [0.3, 0.4) is 0 Å². The molecule has 2 N–H and O–H groups in total. The van der Waals surface area contributed by atoms with Gasteiger partial charge in [-0.15, -0.1) is 0 Å². The molecule has 0 atom stereocenters. The number of amides is 1. The third-order valence-corrected chi connectivity index (χ3v) is 2.35. The van der Waals surface area contributed by atoms with Crippen molar-refractivity contribution >= 4 is 12.0 Å². The maximum atomic E-state index is 11.4. The van der Waals surface area contributed by atoms with Gasteiger partial charge in [-0.1, -0.05) is 42.0 Å². The Hall–Kier alpha value is -1.61. The van der Waals surface area contributed by atoms with Crippen LogP contribution >= 0.6 is 0 Å². The fourth-order valence-corrected chi connectivity index (χ4v) is 1.63. The molecule has 0 saturated carbocycles. The van der Waals surface area contributed by atoms with E-state index in [0.717, 1.165) is 6.54 Å². The standard InChI is InChI=1S/C15H22N2O/c1-12(2)17-15(18)11-16-10-13(3)9-14-7-5-4-6-8-14/h4-9,12,16H,10-11H2,1-3H3,(H,17,18)/b13-9+. The first-order valence-electron chi connectivity index (χ1n) is 6.30. The smallest absolute Gasteiger partial charge is 0.234 e. The van der Waals surface area contributed by atoms with E-state index in [2.05, 4.69) is 35.8 Å². The lowest BCUT2D eigenvalue weighted by molar-refractivity contribution is -0.120. The molecule has 0 unspecified atom stereocenters. The van der Waals surface area contributed by atoms with Crippen molar-refractivity contribution in [2.24, 2.45) is 0 Å². The van der Waals surface area contributed by atoms with Crippen LogP contribution in [0, 0.1) is 0 Å². The normalized spacial score (nSPS) is 11.7. The van der Waals surface area contributed by atoms with Crippen molar-refractivity contribution in [2.75, 3.05) is 13.1 Å². The zero-order valence-electron chi connectivity index (χ0n) is 11.4. The molecular weight excluding hydrogens is 224 g/mol. The molecular formula is C15H22N2O. The average molecular weight is 246 g/mol. The van der Waals surface area contributed by atoms with Crippen LogP contribution in [0.1, 0.15) is 26.3 Å². The monoisotopic (exact) mass is 246 g/mol. The number of carbonyl (C=O) groups excluding carboxylic acids is 1. The van der Waals surface area contributed by atoms with E-state index < -0.39 is 0 Å². The van der Waals surface area contributed by atoms with Crippen LogP contribution in [0.15, 0.2) is 35.9 Å². The first-order chi connectivity index (χ1) is 8.58. The molecule has 0 spiro atoms. The number of nitrogens with one attached hydrogen (secondary N) is 2. The Morgan fingerprint density at radius 3 is 2.50 bits per heavy atom. The Bertz CT molecular complexity index is 396. The summed E-state index contributed by atoms with van der Waals surface area (Å²) in [5.41, 5.74) is 2.39. The molecule has 3 heteroatoms. The molecule has 1 amide bonds. The molecule has 0 aliphatic heterocycles. The average Bonchev–Trinajstić information content (AvgIpc) is 2.29. The highest BCUT2D eigenvalue weighted by Gasteiger charge is 2.01. The van der Waals surface area contributed by atoms with Crippen molar-refractivity contribution in [3.63, 3.8) is 0 Å². The zero-order valence-corrected chi connectivity index (χ0v) is 11.4. The molecule has 0 bridgehead atoms. The highest BCUT2D eigenvalue weighted by molar-refractivity contribution is 5.78. The van der Waals surface area contributed by atoms with E-state index in [1.807, 2.05) is 32.0 Å². The molecule has 0 radical (unpaired) electrons. The third kappa shape index (κ3) is 6.21. The topological polar surface area (TPSA) is 41.1 Å². The molecule has 1 aromatic carbocycles. The highest BCUT2D eigenvalue weighted by atomic mass is 16.1. The molecule has 3 nitrogen and oxygen atoms in total. The quantitative estimate of drug-likeness (QED) is 0.808. The van der Waals surface area contributed by atoms with Gasteiger partial charge < -0.3 is 10.6 Å². The SMILES string of the molecule is C/C(=C\c1ccccc1)CNCC(=O)NC(C)C. The molecule has 0 saturated heterocycles. The minimum Gasteiger partial charge on any atom is -0.353 e. The molecule has 1 rings (SSSR count). The minimum atomic E-state index is 0.0394. The Labute approximate surface area is 109 Å². The van der Waals surface area contributed by atoms with Crippen LogP contribution in [0.4, 0.5) is 0 Å². The predicted molar refractivity (Wildman–Crippen MR) is 76.2 cm³/mol. The van der Waals surface area contributed by atoms with Gasteiger partial charge >= 0.3 is 0 Å². The third-order valence-electron chi connectivity index (χ3n) is 2.35. The van der Waals surface area contributed by atoms with Gasteiger partial charge in [0.25, 0.3) is 0 Å². The molecule has 98 valence electrons. The van der Waals surface area contributed by atoms with Crippen molar-refractivity contribution < 1.29 is 4.79 Å². The van der Waals surface area contributed by atoms with Crippen molar-refractivity contribution in [3.05, 3.63) is 41.5 Å². The van der Waals surface area contributed by atoms with E-state index in [1.165, 1.54) is 11.1 Å². The lowest BCUT2D eigenvalue weighted by atomic mass is 10.1. The number of benzene rings is 1. The van der Waals surface area contributed by atoms with Crippen LogP contribution in [0.25, 0.3) is 6.08 Å². The summed E-state index contributed by atoms with van der Waals surface area (Å²) in [4.78, 5) is 11.4. The van der Waals surface area contributed by atoms with E-state index in [4.69, 9.17) is 0 Å². The zero-order chi connectivity index (χ0) is 13.4. The van der Waals surface area contributed by atoms with E-state index in [-0.39, 0.29) is 11.9 Å². The van der Waals surface area contributed by atoms with E-state index >= 15 is 0 Å². The molecule has 18 heavy (non-hydrogen) atoms. The summed E-state index contributed by atoms with van der Waals surface area (Å²) in [6, 6.07) is 10.4. The summed E-state index contributed by atoms with van der Waals surface area (Å²) < 4.78 is 0. The van der Waals surface area contributed by atoms with Crippen LogP contribution in [0.5, 0.6) is 0 Å². The summed E-state index contributed by atoms with van der Waals surface area (Å²) in [5, 5.41) is 5.98. The van der Waals surface area contributed by atoms with Crippen LogP contribution in [0.2, 0.25) is 0 Å².